The van der Waals surface area contributed by atoms with Gasteiger partial charge >= 0.3 is 0 Å². The summed E-state index contributed by atoms with van der Waals surface area (Å²) in [4.78, 5) is 15.5. The van der Waals surface area contributed by atoms with Crippen LogP contribution in [0, 0.1) is 0 Å². The van der Waals surface area contributed by atoms with Gasteiger partial charge in [0.25, 0.3) is 5.91 Å². The number of carbonyl (C=O) groups is 1. The average Bonchev–Trinajstić information content (AvgIpc) is 2.93. The Morgan fingerprint density at radius 1 is 1.00 bits per heavy atom. The molecule has 6 heteroatoms. The van der Waals surface area contributed by atoms with E-state index in [-0.39, 0.29) is 5.91 Å². The molecule has 0 aliphatic carbocycles. The first-order valence-corrected chi connectivity index (χ1v) is 11.3. The number of hydrogen-bond acceptors (Lipinski definition) is 5. The van der Waals surface area contributed by atoms with Crippen LogP contribution in [-0.2, 0) is 0 Å². The molecular formula is C21H31NO4S. The Morgan fingerprint density at radius 3 is 1.96 bits per heavy atom. The molecule has 0 saturated carbocycles. The van der Waals surface area contributed by atoms with Crippen molar-refractivity contribution in [2.75, 3.05) is 26.1 Å². The second kappa shape index (κ2) is 9.09. The molecule has 0 N–H and O–H groups in total. The van der Waals surface area contributed by atoms with Crippen LogP contribution < -0.4 is 14.2 Å². The van der Waals surface area contributed by atoms with Gasteiger partial charge in [-0.05, 0) is 64.8 Å². The summed E-state index contributed by atoms with van der Waals surface area (Å²) >= 11 is 1.93. The van der Waals surface area contributed by atoms with Crippen molar-refractivity contribution >= 4 is 17.7 Å². The van der Waals surface area contributed by atoms with Gasteiger partial charge < -0.3 is 19.1 Å². The highest BCUT2D eigenvalue weighted by atomic mass is 32.2. The van der Waals surface area contributed by atoms with Gasteiger partial charge in [0.2, 0.25) is 5.75 Å². The minimum atomic E-state index is 0.0898. The maximum atomic E-state index is 13.4. The number of hydrogen-bond donors (Lipinski definition) is 0. The standard InChI is InChI=1S/C21H31NO4S/c1-5-24-18-10-14(11-19(25-6-2)20(18)26-7-3)21(23)22-15-8-9-16(22)13-17(12-15)27-4/h10-11,15-17H,5-9,12-13H2,1-4H3. The number of fused-ring (bicyclic) bond motifs is 2. The summed E-state index contributed by atoms with van der Waals surface area (Å²) < 4.78 is 17.3. The zero-order valence-corrected chi connectivity index (χ0v) is 17.6. The molecule has 0 radical (unpaired) electrons. The van der Waals surface area contributed by atoms with E-state index in [1.807, 2.05) is 44.7 Å². The van der Waals surface area contributed by atoms with E-state index < -0.39 is 0 Å². The Bertz CT molecular complexity index is 625. The maximum absolute atomic E-state index is 13.4. The minimum Gasteiger partial charge on any atom is -0.490 e. The summed E-state index contributed by atoms with van der Waals surface area (Å²) in [6.07, 6.45) is 6.59. The monoisotopic (exact) mass is 393 g/mol. The predicted molar refractivity (Wildman–Crippen MR) is 109 cm³/mol. The van der Waals surface area contributed by atoms with Gasteiger partial charge in [0, 0.05) is 22.9 Å². The van der Waals surface area contributed by atoms with Crippen LogP contribution in [0.1, 0.15) is 56.8 Å². The number of rotatable bonds is 8. The summed E-state index contributed by atoms with van der Waals surface area (Å²) in [5, 5.41) is 0.671. The van der Waals surface area contributed by atoms with Gasteiger partial charge in [-0.3, -0.25) is 4.79 Å². The largest absolute Gasteiger partial charge is 0.490 e. The lowest BCUT2D eigenvalue weighted by atomic mass is 10.0. The lowest BCUT2D eigenvalue weighted by molar-refractivity contribution is 0.0600. The zero-order chi connectivity index (χ0) is 19.4. The fourth-order valence-electron chi connectivity index (χ4n) is 4.31. The minimum absolute atomic E-state index is 0.0898. The molecule has 2 heterocycles. The number of benzene rings is 1. The first-order valence-electron chi connectivity index (χ1n) is 10.0. The number of piperidine rings is 1. The van der Waals surface area contributed by atoms with E-state index >= 15 is 0 Å². The molecule has 2 unspecified atom stereocenters. The molecule has 1 amide bonds. The summed E-state index contributed by atoms with van der Waals surface area (Å²) in [6.45, 7) is 7.31. The fraction of sp³-hybridized carbons (Fsp3) is 0.667. The van der Waals surface area contributed by atoms with Gasteiger partial charge in [0.05, 0.1) is 19.8 Å². The van der Waals surface area contributed by atoms with E-state index in [1.165, 1.54) is 0 Å². The van der Waals surface area contributed by atoms with E-state index in [2.05, 4.69) is 11.2 Å². The fourth-order valence-corrected chi connectivity index (χ4v) is 5.14. The predicted octanol–water partition coefficient (Wildman–Crippen LogP) is 4.38. The van der Waals surface area contributed by atoms with Crippen LogP contribution in [0.25, 0.3) is 0 Å². The third-order valence-electron chi connectivity index (χ3n) is 5.41. The van der Waals surface area contributed by atoms with E-state index in [4.69, 9.17) is 14.2 Å². The highest BCUT2D eigenvalue weighted by Gasteiger charge is 2.43. The Balaban J connectivity index is 1.92. The Labute approximate surface area is 166 Å². The van der Waals surface area contributed by atoms with Crippen LogP contribution >= 0.6 is 11.8 Å². The third-order valence-corrected chi connectivity index (χ3v) is 6.47. The van der Waals surface area contributed by atoms with Crippen molar-refractivity contribution in [1.82, 2.24) is 4.90 Å². The quantitative estimate of drug-likeness (QED) is 0.656. The highest BCUT2D eigenvalue weighted by molar-refractivity contribution is 7.99. The molecule has 2 saturated heterocycles. The van der Waals surface area contributed by atoms with E-state index in [0.717, 1.165) is 25.7 Å². The van der Waals surface area contributed by atoms with Crippen molar-refractivity contribution in [3.05, 3.63) is 17.7 Å². The van der Waals surface area contributed by atoms with E-state index in [9.17, 15) is 4.79 Å². The van der Waals surface area contributed by atoms with E-state index in [0.29, 0.717) is 60.0 Å². The van der Waals surface area contributed by atoms with Gasteiger partial charge in [-0.2, -0.15) is 11.8 Å². The second-order valence-electron chi connectivity index (χ2n) is 7.03. The van der Waals surface area contributed by atoms with Crippen molar-refractivity contribution in [2.45, 2.75) is 63.8 Å². The Hall–Kier alpha value is -1.56. The summed E-state index contributed by atoms with van der Waals surface area (Å²) in [5.74, 6) is 1.84. The van der Waals surface area contributed by atoms with Gasteiger partial charge in [-0.15, -0.1) is 0 Å². The number of amides is 1. The molecule has 0 aromatic heterocycles. The van der Waals surface area contributed by atoms with Gasteiger partial charge in [-0.25, -0.2) is 0 Å². The average molecular weight is 394 g/mol. The van der Waals surface area contributed by atoms with Crippen LogP contribution in [0.15, 0.2) is 12.1 Å². The number of thioether (sulfide) groups is 1. The Kier molecular flexibility index (Phi) is 6.79. The molecule has 2 fully saturated rings. The van der Waals surface area contributed by atoms with Crippen molar-refractivity contribution in [3.8, 4) is 17.2 Å². The molecule has 1 aromatic rings. The molecule has 5 nitrogen and oxygen atoms in total. The van der Waals surface area contributed by atoms with Crippen LogP contribution in [0.4, 0.5) is 0 Å². The maximum Gasteiger partial charge on any atom is 0.254 e. The second-order valence-corrected chi connectivity index (χ2v) is 8.17. The molecule has 1 aromatic carbocycles. The summed E-state index contributed by atoms with van der Waals surface area (Å²) in [7, 11) is 0. The third kappa shape index (κ3) is 4.15. The molecular weight excluding hydrogens is 362 g/mol. The van der Waals surface area contributed by atoms with E-state index in [1.54, 1.807) is 0 Å². The molecule has 2 aliphatic rings. The lowest BCUT2D eigenvalue weighted by Crippen LogP contribution is -2.47. The topological polar surface area (TPSA) is 48.0 Å². The molecule has 2 atom stereocenters. The van der Waals surface area contributed by atoms with Gasteiger partial charge in [0.1, 0.15) is 0 Å². The number of carbonyl (C=O) groups excluding carboxylic acids is 1. The lowest BCUT2D eigenvalue weighted by Gasteiger charge is -2.38. The summed E-state index contributed by atoms with van der Waals surface area (Å²) in [5.41, 5.74) is 0.629. The number of nitrogens with zero attached hydrogens (tertiary/aromatic N) is 1. The van der Waals surface area contributed by atoms with Gasteiger partial charge in [-0.1, -0.05) is 0 Å². The highest BCUT2D eigenvalue weighted by Crippen LogP contribution is 2.43. The number of ether oxygens (including phenoxy) is 3. The molecule has 2 bridgehead atoms. The van der Waals surface area contributed by atoms with Crippen LogP contribution in [-0.4, -0.2) is 54.2 Å². The van der Waals surface area contributed by atoms with Crippen molar-refractivity contribution < 1.29 is 19.0 Å². The Morgan fingerprint density at radius 2 is 1.52 bits per heavy atom. The zero-order valence-electron chi connectivity index (χ0n) is 16.8. The van der Waals surface area contributed by atoms with Gasteiger partial charge in [0.15, 0.2) is 11.5 Å². The van der Waals surface area contributed by atoms with Crippen molar-refractivity contribution in [2.24, 2.45) is 0 Å². The molecule has 2 aliphatic heterocycles. The first-order chi connectivity index (χ1) is 13.1. The first kappa shape index (κ1) is 20.2. The molecule has 27 heavy (non-hydrogen) atoms. The normalized spacial score (nSPS) is 24.0. The molecule has 3 rings (SSSR count). The smallest absolute Gasteiger partial charge is 0.254 e. The summed E-state index contributed by atoms with van der Waals surface area (Å²) in [6, 6.07) is 4.34. The molecule has 0 spiro atoms. The SMILES string of the molecule is CCOc1cc(C(=O)N2C3CCC2CC(SC)C3)cc(OCC)c1OCC. The molecule has 150 valence electrons. The van der Waals surface area contributed by atoms with Crippen LogP contribution in [0.2, 0.25) is 0 Å². The van der Waals surface area contributed by atoms with Crippen molar-refractivity contribution in [1.29, 1.82) is 0 Å². The van der Waals surface area contributed by atoms with Crippen LogP contribution in [0.5, 0.6) is 17.2 Å². The van der Waals surface area contributed by atoms with Crippen molar-refractivity contribution in [3.63, 3.8) is 0 Å². The van der Waals surface area contributed by atoms with Crippen LogP contribution in [0.3, 0.4) is 0 Å².